The third-order valence-corrected chi connectivity index (χ3v) is 12.4. The minimum absolute atomic E-state index is 0.0195. The van der Waals surface area contributed by atoms with Crippen LogP contribution < -0.4 is 25.0 Å². The van der Waals surface area contributed by atoms with E-state index < -0.39 is 21.8 Å². The van der Waals surface area contributed by atoms with E-state index in [0.29, 0.717) is 88.3 Å². The van der Waals surface area contributed by atoms with Gasteiger partial charge in [-0.1, -0.05) is 24.3 Å². The van der Waals surface area contributed by atoms with E-state index in [1.54, 1.807) is 64.4 Å². The van der Waals surface area contributed by atoms with Gasteiger partial charge in [-0.15, -0.1) is 0 Å². The summed E-state index contributed by atoms with van der Waals surface area (Å²) in [6.45, 7) is 4.44. The van der Waals surface area contributed by atoms with Crippen molar-refractivity contribution in [3.8, 4) is 34.1 Å². The monoisotopic (exact) mass is 861 g/mol. The lowest BCUT2D eigenvalue weighted by molar-refractivity contribution is -0.137. The molecule has 5 aromatic carbocycles. The zero-order valence-corrected chi connectivity index (χ0v) is 35.0. The van der Waals surface area contributed by atoms with Gasteiger partial charge < -0.3 is 39.3 Å². The molecule has 8 rings (SSSR count). The Bertz CT molecular complexity index is 2610. The molecule has 0 saturated carbocycles. The summed E-state index contributed by atoms with van der Waals surface area (Å²) >= 11 is 0. The van der Waals surface area contributed by atoms with Crippen molar-refractivity contribution in [2.24, 2.45) is 0 Å². The molecule has 1 atom stereocenters. The van der Waals surface area contributed by atoms with E-state index in [4.69, 9.17) is 14.2 Å². The number of piperidine rings is 1. The summed E-state index contributed by atoms with van der Waals surface area (Å²) in [5, 5.41) is 17.2. The second kappa shape index (κ2) is 18.2. The second-order valence-corrected chi connectivity index (χ2v) is 17.5. The fourth-order valence-electron chi connectivity index (χ4n) is 7.94. The number of fused-ring (bicyclic) bond motifs is 2. The van der Waals surface area contributed by atoms with Gasteiger partial charge in [0.05, 0.1) is 11.5 Å². The molecule has 3 heterocycles. The van der Waals surface area contributed by atoms with Crippen LogP contribution in [0.15, 0.2) is 102 Å². The van der Waals surface area contributed by atoms with Crippen LogP contribution in [0.3, 0.4) is 0 Å². The SMILES string of the molecule is CS(=O)(=O)c1ccc(-c2ccc3cc(O)ccc3c2Oc2ccc(OCCNCCOCC(=O)N3CCN(c4ccc5c(c4)C(=O)N(C4CCC(=O)NC4=O)C5)CC3)cc2)cc1. The first-order valence-electron chi connectivity index (χ1n) is 20.5. The molecule has 3 aliphatic rings. The first-order valence-corrected chi connectivity index (χ1v) is 22.4. The van der Waals surface area contributed by atoms with E-state index in [1.807, 2.05) is 42.5 Å². The maximum atomic E-state index is 13.3. The Morgan fingerprint density at radius 2 is 1.58 bits per heavy atom. The molecule has 0 aromatic heterocycles. The summed E-state index contributed by atoms with van der Waals surface area (Å²) in [4.78, 5) is 55.8. The lowest BCUT2D eigenvalue weighted by Gasteiger charge is -2.36. The number of amides is 4. The maximum Gasteiger partial charge on any atom is 0.255 e. The van der Waals surface area contributed by atoms with Gasteiger partial charge in [0, 0.05) is 80.7 Å². The minimum Gasteiger partial charge on any atom is -0.508 e. The van der Waals surface area contributed by atoms with E-state index in [-0.39, 0.29) is 41.4 Å². The van der Waals surface area contributed by atoms with Gasteiger partial charge in [0.2, 0.25) is 17.7 Å². The van der Waals surface area contributed by atoms with E-state index >= 15 is 0 Å². The molecule has 4 amide bonds. The van der Waals surface area contributed by atoms with Gasteiger partial charge in [0.15, 0.2) is 9.84 Å². The number of carbonyl (C=O) groups is 4. The van der Waals surface area contributed by atoms with Gasteiger partial charge in [-0.25, -0.2) is 8.42 Å². The summed E-state index contributed by atoms with van der Waals surface area (Å²) in [5.74, 6) is 0.884. The first-order chi connectivity index (χ1) is 29.9. The number of rotatable bonds is 15. The molecule has 2 saturated heterocycles. The predicted molar refractivity (Wildman–Crippen MR) is 231 cm³/mol. The average Bonchev–Trinajstić information content (AvgIpc) is 3.59. The van der Waals surface area contributed by atoms with Crippen molar-refractivity contribution in [2.75, 3.05) is 70.2 Å². The molecule has 0 bridgehead atoms. The number of carbonyl (C=O) groups excluding carboxylic acids is 4. The van der Waals surface area contributed by atoms with Gasteiger partial charge in [-0.2, -0.15) is 0 Å². The fourth-order valence-corrected chi connectivity index (χ4v) is 8.57. The maximum absolute atomic E-state index is 13.3. The van der Waals surface area contributed by atoms with Crippen molar-refractivity contribution >= 4 is 49.9 Å². The summed E-state index contributed by atoms with van der Waals surface area (Å²) in [7, 11) is -3.35. The molecular formula is C46H47N5O10S. The number of nitrogens with zero attached hydrogens (tertiary/aromatic N) is 3. The van der Waals surface area contributed by atoms with Gasteiger partial charge in [0.1, 0.15) is 42.3 Å². The molecule has 62 heavy (non-hydrogen) atoms. The van der Waals surface area contributed by atoms with Crippen LogP contribution in [0.25, 0.3) is 21.9 Å². The number of hydrogen-bond donors (Lipinski definition) is 3. The topological polar surface area (TPSA) is 184 Å². The number of benzene rings is 5. The molecule has 16 heteroatoms. The highest BCUT2D eigenvalue weighted by Crippen LogP contribution is 2.41. The zero-order valence-electron chi connectivity index (χ0n) is 34.2. The Kier molecular flexibility index (Phi) is 12.4. The van der Waals surface area contributed by atoms with Gasteiger partial charge in [-0.3, -0.25) is 24.5 Å². The lowest BCUT2D eigenvalue weighted by atomic mass is 9.99. The molecule has 0 radical (unpaired) electrons. The summed E-state index contributed by atoms with van der Waals surface area (Å²) in [6, 6.07) is 27.8. The smallest absolute Gasteiger partial charge is 0.255 e. The molecule has 1 unspecified atom stereocenters. The van der Waals surface area contributed by atoms with Crippen molar-refractivity contribution in [2.45, 2.75) is 30.3 Å². The summed E-state index contributed by atoms with van der Waals surface area (Å²) in [6.07, 6.45) is 1.70. The Morgan fingerprint density at radius 1 is 0.839 bits per heavy atom. The van der Waals surface area contributed by atoms with Gasteiger partial charge >= 0.3 is 0 Å². The number of aromatic hydroxyl groups is 1. The number of phenols is 1. The van der Waals surface area contributed by atoms with Crippen LogP contribution >= 0.6 is 0 Å². The van der Waals surface area contributed by atoms with Crippen molar-refractivity contribution in [1.82, 2.24) is 20.4 Å². The molecule has 15 nitrogen and oxygen atoms in total. The normalized spacial score (nSPS) is 16.7. The molecule has 0 spiro atoms. The highest BCUT2D eigenvalue weighted by Gasteiger charge is 2.39. The summed E-state index contributed by atoms with van der Waals surface area (Å²) < 4.78 is 42.1. The van der Waals surface area contributed by atoms with E-state index in [1.165, 1.54) is 6.26 Å². The number of ether oxygens (including phenoxy) is 3. The quantitative estimate of drug-likeness (QED) is 0.0992. The number of nitrogens with one attached hydrogen (secondary N) is 2. The van der Waals surface area contributed by atoms with Crippen LogP contribution in [-0.4, -0.2) is 118 Å². The van der Waals surface area contributed by atoms with Crippen molar-refractivity contribution < 1.29 is 46.9 Å². The molecule has 2 fully saturated rings. The van der Waals surface area contributed by atoms with Crippen LogP contribution in [0.1, 0.15) is 28.8 Å². The Hall–Kier alpha value is -6.49. The molecule has 322 valence electrons. The van der Waals surface area contributed by atoms with Crippen LogP contribution in [0, 0.1) is 0 Å². The van der Waals surface area contributed by atoms with Crippen LogP contribution in [-0.2, 0) is 35.5 Å². The lowest BCUT2D eigenvalue weighted by Crippen LogP contribution is -2.52. The number of phenolic OH excluding ortho intramolecular Hbond substituents is 1. The van der Waals surface area contributed by atoms with Crippen LogP contribution in [0.5, 0.6) is 23.0 Å². The summed E-state index contributed by atoms with van der Waals surface area (Å²) in [5.41, 5.74) is 3.85. The standard InChI is InChI=1S/C46H47N5O10S/c1-62(57,58)37-12-3-30(4-13-37)38-14-5-31-26-34(52)7-15-39(31)44(38)61-36-10-8-35(9-11-36)60-25-19-47-18-24-59-29-43(54)50-22-20-49(21-23-50)33-6-2-32-28-51(46(56)40(32)27-33)41-16-17-42(53)48-45(41)55/h2-15,26-27,41,47,52H,16-25,28-29H2,1H3,(H,48,53,55). The number of anilines is 1. The fraction of sp³-hybridized carbons (Fsp3) is 0.304. The van der Waals surface area contributed by atoms with Gasteiger partial charge in [-0.05, 0) is 95.7 Å². The number of sulfone groups is 1. The average molecular weight is 862 g/mol. The van der Waals surface area contributed by atoms with Gasteiger partial charge in [0.25, 0.3) is 5.91 Å². The molecular weight excluding hydrogens is 815 g/mol. The van der Waals surface area contributed by atoms with E-state index in [2.05, 4.69) is 15.5 Å². The van der Waals surface area contributed by atoms with Crippen molar-refractivity contribution in [3.63, 3.8) is 0 Å². The minimum atomic E-state index is -3.35. The zero-order chi connectivity index (χ0) is 43.4. The highest BCUT2D eigenvalue weighted by atomic mass is 32.2. The third-order valence-electron chi connectivity index (χ3n) is 11.3. The number of hydrogen-bond acceptors (Lipinski definition) is 12. The first kappa shape index (κ1) is 42.2. The predicted octanol–water partition coefficient (Wildman–Crippen LogP) is 4.50. The molecule has 0 aliphatic carbocycles. The van der Waals surface area contributed by atoms with E-state index in [0.717, 1.165) is 33.2 Å². The molecule has 3 aliphatic heterocycles. The Labute approximate surface area is 359 Å². The van der Waals surface area contributed by atoms with E-state index in [9.17, 15) is 32.7 Å². The molecule has 3 N–H and O–H groups in total. The van der Waals surface area contributed by atoms with Crippen molar-refractivity contribution in [1.29, 1.82) is 0 Å². The van der Waals surface area contributed by atoms with Crippen molar-refractivity contribution in [3.05, 3.63) is 108 Å². The largest absolute Gasteiger partial charge is 0.508 e. The Balaban J connectivity index is 0.742. The second-order valence-electron chi connectivity index (χ2n) is 15.5. The highest BCUT2D eigenvalue weighted by molar-refractivity contribution is 7.90. The third kappa shape index (κ3) is 9.52. The number of imide groups is 1. The van der Waals surface area contributed by atoms with Crippen LogP contribution in [0.2, 0.25) is 0 Å². The van der Waals surface area contributed by atoms with Crippen LogP contribution in [0.4, 0.5) is 5.69 Å². The Morgan fingerprint density at radius 3 is 2.32 bits per heavy atom. The molecule has 5 aromatic rings. The number of piperazine rings is 1.